The molecule has 1 radical (unpaired) electrons. The Labute approximate surface area is 51.8 Å². The van der Waals surface area contributed by atoms with E-state index in [0.717, 1.165) is 15.8 Å². The molecule has 0 aliphatic carbocycles. The average Bonchev–Trinajstić information content (AvgIpc) is 1.69. The van der Waals surface area contributed by atoms with Gasteiger partial charge in [-0.05, 0) is 0 Å². The van der Waals surface area contributed by atoms with E-state index in [-0.39, 0.29) is 0 Å². The van der Waals surface area contributed by atoms with Crippen molar-refractivity contribution in [1.82, 2.24) is 4.90 Å². The Morgan fingerprint density at radius 2 is 2.43 bits per heavy atom. The van der Waals surface area contributed by atoms with Crippen LogP contribution in [0.5, 0.6) is 0 Å². The number of hydrogen-bond acceptors (Lipinski definition) is 1. The molecule has 0 aromatic heterocycles. The van der Waals surface area contributed by atoms with Crippen LogP contribution in [0.2, 0.25) is 5.21 Å². The van der Waals surface area contributed by atoms with Crippen LogP contribution in [0.25, 0.3) is 0 Å². The maximum atomic E-state index is 2.43. The summed E-state index contributed by atoms with van der Waals surface area (Å²) < 4.78 is 0. The molecule has 1 aliphatic rings. The molecule has 0 saturated carbocycles. The molecule has 7 heavy (non-hydrogen) atoms. The Kier molecular flexibility index (Phi) is 2.21. The topological polar surface area (TPSA) is 3.24 Å². The van der Waals surface area contributed by atoms with Gasteiger partial charge in [-0.1, -0.05) is 0 Å². The van der Waals surface area contributed by atoms with Crippen molar-refractivity contribution in [2.45, 2.75) is 11.6 Å². The van der Waals surface area contributed by atoms with Gasteiger partial charge in [0.15, 0.2) is 0 Å². The van der Waals surface area contributed by atoms with E-state index in [9.17, 15) is 0 Å². The van der Waals surface area contributed by atoms with E-state index in [1.165, 1.54) is 18.3 Å². The van der Waals surface area contributed by atoms with Crippen molar-refractivity contribution in [1.29, 1.82) is 0 Å². The minimum absolute atomic E-state index is 0.720. The molecule has 1 fully saturated rings. The van der Waals surface area contributed by atoms with Crippen molar-refractivity contribution in [3.05, 3.63) is 0 Å². The van der Waals surface area contributed by atoms with Gasteiger partial charge in [-0.15, -0.1) is 0 Å². The second kappa shape index (κ2) is 2.74. The van der Waals surface area contributed by atoms with Crippen molar-refractivity contribution >= 4 is 15.8 Å². The first-order chi connectivity index (χ1) is 3.39. The van der Waals surface area contributed by atoms with Gasteiger partial charge in [0.05, 0.1) is 0 Å². The van der Waals surface area contributed by atoms with E-state index in [4.69, 9.17) is 0 Å². The van der Waals surface area contributed by atoms with Gasteiger partial charge in [-0.3, -0.25) is 0 Å². The Morgan fingerprint density at radius 1 is 1.57 bits per heavy atom. The summed E-state index contributed by atoms with van der Waals surface area (Å²) in [4.78, 5) is 2.43. The first-order valence-corrected chi connectivity index (χ1v) is 5.37. The third-order valence-electron chi connectivity index (χ3n) is 1.20. The standard InChI is InChI=1S/C5H11AsN/c1-7-4-2-3-6-5-7/h2-5H2,1H3. The second-order valence-corrected chi connectivity index (χ2v) is 4.49. The summed E-state index contributed by atoms with van der Waals surface area (Å²) in [5.41, 5.74) is 0. The van der Waals surface area contributed by atoms with Crippen LogP contribution in [0.3, 0.4) is 0 Å². The Bertz CT molecular complexity index is 50.0. The van der Waals surface area contributed by atoms with Gasteiger partial charge >= 0.3 is 51.2 Å². The van der Waals surface area contributed by atoms with Gasteiger partial charge in [0.1, 0.15) is 0 Å². The normalized spacial score (nSPS) is 28.7. The first kappa shape index (κ1) is 5.65. The molecule has 0 N–H and O–H groups in total. The number of nitrogens with zero attached hydrogens (tertiary/aromatic N) is 1. The zero-order valence-electron chi connectivity index (χ0n) is 4.72. The summed E-state index contributed by atoms with van der Waals surface area (Å²) in [6, 6.07) is 0. The summed E-state index contributed by atoms with van der Waals surface area (Å²) in [5, 5.41) is 2.96. The Morgan fingerprint density at radius 3 is 2.71 bits per heavy atom. The monoisotopic (exact) mass is 160 g/mol. The first-order valence-electron chi connectivity index (χ1n) is 2.71. The zero-order valence-corrected chi connectivity index (χ0v) is 6.60. The third-order valence-corrected chi connectivity index (χ3v) is 3.96. The van der Waals surface area contributed by atoms with Crippen molar-refractivity contribution < 1.29 is 0 Å². The van der Waals surface area contributed by atoms with Crippen LogP contribution < -0.4 is 0 Å². The molecular formula is C5H11AsN. The maximum absolute atomic E-state index is 2.43. The molecule has 0 spiro atoms. The molecular weight excluding hydrogens is 149 g/mol. The van der Waals surface area contributed by atoms with Crippen LogP contribution in [0.15, 0.2) is 0 Å². The molecule has 0 aromatic carbocycles. The van der Waals surface area contributed by atoms with Crippen LogP contribution in [-0.4, -0.2) is 39.6 Å². The van der Waals surface area contributed by atoms with Gasteiger partial charge in [0.25, 0.3) is 0 Å². The van der Waals surface area contributed by atoms with Crippen LogP contribution >= 0.6 is 0 Å². The molecule has 0 atom stereocenters. The molecule has 1 rings (SSSR count). The van der Waals surface area contributed by atoms with Crippen LogP contribution in [0.4, 0.5) is 0 Å². The van der Waals surface area contributed by atoms with E-state index in [1.807, 2.05) is 0 Å². The molecule has 41 valence electrons. The molecule has 0 bridgehead atoms. The van der Waals surface area contributed by atoms with E-state index in [0.29, 0.717) is 0 Å². The number of rotatable bonds is 0. The summed E-state index contributed by atoms with van der Waals surface area (Å²) in [5.74, 6) is 0. The zero-order chi connectivity index (χ0) is 5.11. The van der Waals surface area contributed by atoms with E-state index in [1.54, 1.807) is 5.21 Å². The summed E-state index contributed by atoms with van der Waals surface area (Å²) >= 11 is 0.720. The predicted molar refractivity (Wildman–Crippen MR) is 32.7 cm³/mol. The molecule has 2 heteroatoms. The fourth-order valence-electron chi connectivity index (χ4n) is 0.765. The van der Waals surface area contributed by atoms with E-state index < -0.39 is 0 Å². The van der Waals surface area contributed by atoms with Crippen LogP contribution in [0.1, 0.15) is 6.42 Å². The van der Waals surface area contributed by atoms with Gasteiger partial charge < -0.3 is 0 Å². The molecule has 0 unspecified atom stereocenters. The van der Waals surface area contributed by atoms with Crippen molar-refractivity contribution in [2.75, 3.05) is 18.9 Å². The SMILES string of the molecule is CN1CCC[As]C1. The molecule has 1 saturated heterocycles. The van der Waals surface area contributed by atoms with Gasteiger partial charge in [0.2, 0.25) is 0 Å². The molecule has 0 aromatic rings. The summed E-state index contributed by atoms with van der Waals surface area (Å²) in [7, 11) is 2.22. The van der Waals surface area contributed by atoms with Crippen molar-refractivity contribution in [3.8, 4) is 0 Å². The van der Waals surface area contributed by atoms with Crippen LogP contribution in [-0.2, 0) is 0 Å². The molecule has 1 aliphatic heterocycles. The predicted octanol–water partition coefficient (Wildman–Crippen LogP) is 0.402. The molecule has 1 nitrogen and oxygen atoms in total. The van der Waals surface area contributed by atoms with Crippen LogP contribution in [0, 0.1) is 0 Å². The van der Waals surface area contributed by atoms with Gasteiger partial charge in [-0.2, -0.15) is 0 Å². The van der Waals surface area contributed by atoms with Crippen molar-refractivity contribution in [3.63, 3.8) is 0 Å². The summed E-state index contributed by atoms with van der Waals surface area (Å²) in [6.07, 6.45) is 1.45. The molecule has 1 heterocycles. The van der Waals surface area contributed by atoms with E-state index in [2.05, 4.69) is 11.9 Å². The fraction of sp³-hybridized carbons (Fsp3) is 1.00. The van der Waals surface area contributed by atoms with Crippen molar-refractivity contribution in [2.24, 2.45) is 0 Å². The minimum atomic E-state index is 0.720. The van der Waals surface area contributed by atoms with Gasteiger partial charge in [-0.25, -0.2) is 0 Å². The van der Waals surface area contributed by atoms with Gasteiger partial charge in [0, 0.05) is 0 Å². The fourth-order valence-corrected chi connectivity index (χ4v) is 2.84. The Hall–Kier alpha value is 0.518. The average molecular weight is 160 g/mol. The summed E-state index contributed by atoms with van der Waals surface area (Å²) in [6.45, 7) is 1.34. The molecule has 0 amide bonds. The quantitative estimate of drug-likeness (QED) is 0.463. The second-order valence-electron chi connectivity index (χ2n) is 2.02. The third kappa shape index (κ3) is 1.83. The van der Waals surface area contributed by atoms with E-state index >= 15 is 0 Å². The number of hydrogen-bond donors (Lipinski definition) is 0. The Balaban J connectivity index is 2.12.